The number of nitrogens with one attached hydrogen (secondary N) is 1. The van der Waals surface area contributed by atoms with E-state index in [9.17, 15) is 14.4 Å². The van der Waals surface area contributed by atoms with Crippen LogP contribution in [0.2, 0.25) is 5.02 Å². The molecule has 2 aromatic carbocycles. The Kier molecular flexibility index (Phi) is 9.56. The van der Waals surface area contributed by atoms with E-state index in [0.29, 0.717) is 28.6 Å². The van der Waals surface area contributed by atoms with Crippen molar-refractivity contribution < 1.29 is 23.9 Å². The number of rotatable bonds is 8. The summed E-state index contributed by atoms with van der Waals surface area (Å²) in [5.41, 5.74) is 2.00. The first-order valence-electron chi connectivity index (χ1n) is 11.1. The number of carbonyl (C=O) groups is 3. The van der Waals surface area contributed by atoms with Crippen LogP contribution in [-0.4, -0.2) is 59.9 Å². The average Bonchev–Trinajstić information content (AvgIpc) is 2.88. The summed E-state index contributed by atoms with van der Waals surface area (Å²) in [4.78, 5) is 47.5. The summed E-state index contributed by atoms with van der Waals surface area (Å²) >= 11 is 5.99. The summed E-state index contributed by atoms with van der Waals surface area (Å²) in [6.07, 6.45) is 2.08. The van der Waals surface area contributed by atoms with Gasteiger partial charge in [0.25, 0.3) is 0 Å². The fourth-order valence-corrected chi connectivity index (χ4v) is 3.32. The molecule has 0 aliphatic rings. The number of likely N-dealkylation sites (N-methyl/N-ethyl adjacent to an activating group) is 1. The van der Waals surface area contributed by atoms with Crippen molar-refractivity contribution in [1.29, 1.82) is 0 Å². The van der Waals surface area contributed by atoms with E-state index in [-0.39, 0.29) is 19.0 Å². The van der Waals surface area contributed by atoms with Crippen LogP contribution in [0.25, 0.3) is 0 Å². The molecule has 0 unspecified atom stereocenters. The summed E-state index contributed by atoms with van der Waals surface area (Å²) in [5, 5.41) is 3.03. The number of guanidine groups is 1. The SMILES string of the molecule is COC(=O)CN(C)C(=O)N(Cc1ccc(Cl)cc1)C(=Nc1ccc(Oc2ccnc(C)c2)cc1)NC=O. The number of urea groups is 1. The van der Waals surface area contributed by atoms with Crippen molar-refractivity contribution in [2.45, 2.75) is 13.5 Å². The third-order valence-corrected chi connectivity index (χ3v) is 5.28. The summed E-state index contributed by atoms with van der Waals surface area (Å²) in [5.74, 6) is 0.580. The van der Waals surface area contributed by atoms with Crippen LogP contribution in [0.15, 0.2) is 71.9 Å². The number of methoxy groups -OCH3 is 1. The lowest BCUT2D eigenvalue weighted by Gasteiger charge is -2.28. The lowest BCUT2D eigenvalue weighted by molar-refractivity contribution is -0.141. The number of carbonyl (C=O) groups excluding carboxylic acids is 3. The van der Waals surface area contributed by atoms with Gasteiger partial charge in [0.1, 0.15) is 18.0 Å². The number of halogens is 1. The molecule has 0 radical (unpaired) electrons. The van der Waals surface area contributed by atoms with Gasteiger partial charge in [-0.3, -0.25) is 24.8 Å². The van der Waals surface area contributed by atoms with Crippen molar-refractivity contribution in [3.63, 3.8) is 0 Å². The second kappa shape index (κ2) is 13.0. The van der Waals surface area contributed by atoms with Gasteiger partial charge in [-0.15, -0.1) is 0 Å². The third-order valence-electron chi connectivity index (χ3n) is 5.02. The Morgan fingerprint density at radius 1 is 1.08 bits per heavy atom. The first-order chi connectivity index (χ1) is 17.8. The highest BCUT2D eigenvalue weighted by Gasteiger charge is 2.25. The van der Waals surface area contributed by atoms with Crippen molar-refractivity contribution in [3.05, 3.63) is 83.1 Å². The molecule has 1 N–H and O–H groups in total. The predicted molar refractivity (Wildman–Crippen MR) is 139 cm³/mol. The van der Waals surface area contributed by atoms with E-state index in [2.05, 4.69) is 20.0 Å². The summed E-state index contributed by atoms with van der Waals surface area (Å²) < 4.78 is 10.5. The topological polar surface area (TPSA) is 113 Å². The Labute approximate surface area is 219 Å². The molecule has 1 heterocycles. The Balaban J connectivity index is 1.90. The molecule has 0 saturated heterocycles. The number of benzene rings is 2. The smallest absolute Gasteiger partial charge is 0.327 e. The summed E-state index contributed by atoms with van der Waals surface area (Å²) in [6, 6.07) is 16.6. The van der Waals surface area contributed by atoms with Gasteiger partial charge in [-0.25, -0.2) is 9.79 Å². The maximum atomic E-state index is 13.3. The molecule has 37 heavy (non-hydrogen) atoms. The van der Waals surface area contributed by atoms with Crippen LogP contribution in [0.4, 0.5) is 10.5 Å². The van der Waals surface area contributed by atoms with Gasteiger partial charge in [0.15, 0.2) is 0 Å². The van der Waals surface area contributed by atoms with Crippen molar-refractivity contribution in [1.82, 2.24) is 20.1 Å². The van der Waals surface area contributed by atoms with Crippen molar-refractivity contribution in [2.24, 2.45) is 4.99 Å². The fraction of sp³-hybridized carbons (Fsp3) is 0.192. The summed E-state index contributed by atoms with van der Waals surface area (Å²) in [6.45, 7) is 1.62. The van der Waals surface area contributed by atoms with Gasteiger partial charge in [0.05, 0.1) is 19.3 Å². The minimum Gasteiger partial charge on any atom is -0.468 e. The van der Waals surface area contributed by atoms with E-state index in [1.807, 2.05) is 13.0 Å². The molecule has 0 fully saturated rings. The Bertz CT molecular complexity index is 1270. The molecule has 1 aromatic heterocycles. The minimum atomic E-state index is -0.593. The number of aliphatic imine (C=N–C) groups is 1. The maximum absolute atomic E-state index is 13.3. The molecule has 3 amide bonds. The molecule has 192 valence electrons. The van der Waals surface area contributed by atoms with E-state index in [4.69, 9.17) is 16.3 Å². The Morgan fingerprint density at radius 2 is 1.78 bits per heavy atom. The van der Waals surface area contributed by atoms with Crippen LogP contribution in [0.1, 0.15) is 11.3 Å². The minimum absolute atomic E-state index is 0.0370. The van der Waals surface area contributed by atoms with Crippen LogP contribution >= 0.6 is 11.6 Å². The molecular formula is C26H26ClN5O5. The number of aromatic nitrogens is 1. The van der Waals surface area contributed by atoms with E-state index in [1.165, 1.54) is 19.1 Å². The van der Waals surface area contributed by atoms with E-state index in [1.54, 1.807) is 60.8 Å². The van der Waals surface area contributed by atoms with Gasteiger partial charge in [-0.2, -0.15) is 0 Å². The molecule has 0 aliphatic heterocycles. The van der Waals surface area contributed by atoms with Gasteiger partial charge in [-0.1, -0.05) is 23.7 Å². The van der Waals surface area contributed by atoms with Crippen molar-refractivity contribution >= 4 is 41.7 Å². The third kappa shape index (κ3) is 8.04. The number of esters is 1. The molecule has 10 nitrogen and oxygen atoms in total. The highest BCUT2D eigenvalue weighted by Crippen LogP contribution is 2.24. The molecule has 0 bridgehead atoms. The quantitative estimate of drug-likeness (QED) is 0.204. The molecule has 3 aromatic rings. The van der Waals surface area contributed by atoms with Crippen LogP contribution in [0, 0.1) is 6.92 Å². The number of hydrogen-bond donors (Lipinski definition) is 1. The number of pyridine rings is 1. The van der Waals surface area contributed by atoms with Gasteiger partial charge < -0.3 is 14.4 Å². The van der Waals surface area contributed by atoms with Gasteiger partial charge in [-0.05, 0) is 55.0 Å². The standard InChI is InChI=1S/C26H26ClN5O5/c1-18-14-23(12-13-28-18)37-22-10-8-21(9-11-22)30-25(29-17-33)32(15-19-4-6-20(27)7-5-19)26(35)31(2)16-24(34)36-3/h4-14,17H,15-16H2,1-3H3,(H,29,30,33). The number of amides is 3. The van der Waals surface area contributed by atoms with Crippen molar-refractivity contribution in [3.8, 4) is 11.5 Å². The Morgan fingerprint density at radius 3 is 2.41 bits per heavy atom. The number of ether oxygens (including phenoxy) is 2. The maximum Gasteiger partial charge on any atom is 0.327 e. The highest BCUT2D eigenvalue weighted by atomic mass is 35.5. The first-order valence-corrected chi connectivity index (χ1v) is 11.5. The number of hydrogen-bond acceptors (Lipinski definition) is 7. The molecular weight excluding hydrogens is 498 g/mol. The zero-order valence-electron chi connectivity index (χ0n) is 20.6. The first kappa shape index (κ1) is 27.2. The second-order valence-corrected chi connectivity index (χ2v) is 8.29. The van der Waals surface area contributed by atoms with E-state index in [0.717, 1.165) is 16.2 Å². The molecule has 0 saturated carbocycles. The normalized spacial score (nSPS) is 10.9. The van der Waals surface area contributed by atoms with Crippen LogP contribution in [0.3, 0.4) is 0 Å². The van der Waals surface area contributed by atoms with Crippen LogP contribution in [0.5, 0.6) is 11.5 Å². The molecule has 0 spiro atoms. The highest BCUT2D eigenvalue weighted by molar-refractivity contribution is 6.30. The zero-order valence-corrected chi connectivity index (χ0v) is 21.3. The molecule has 0 aliphatic carbocycles. The monoisotopic (exact) mass is 523 g/mol. The number of aryl methyl sites for hydroxylation is 1. The molecule has 0 atom stereocenters. The van der Waals surface area contributed by atoms with E-state index < -0.39 is 12.0 Å². The fourth-order valence-electron chi connectivity index (χ4n) is 3.19. The van der Waals surface area contributed by atoms with Gasteiger partial charge in [0, 0.05) is 30.0 Å². The van der Waals surface area contributed by atoms with Crippen LogP contribution in [-0.2, 0) is 20.9 Å². The second-order valence-electron chi connectivity index (χ2n) is 7.85. The predicted octanol–water partition coefficient (Wildman–Crippen LogP) is 4.30. The van der Waals surface area contributed by atoms with Gasteiger partial charge in [0.2, 0.25) is 12.4 Å². The van der Waals surface area contributed by atoms with Gasteiger partial charge >= 0.3 is 12.0 Å². The van der Waals surface area contributed by atoms with E-state index >= 15 is 0 Å². The zero-order chi connectivity index (χ0) is 26.8. The molecule has 3 rings (SSSR count). The number of nitrogens with zero attached hydrogens (tertiary/aromatic N) is 4. The average molecular weight is 524 g/mol. The lowest BCUT2D eigenvalue weighted by atomic mass is 10.2. The lowest BCUT2D eigenvalue weighted by Crippen LogP contribution is -2.50. The largest absolute Gasteiger partial charge is 0.468 e. The molecule has 11 heteroatoms. The summed E-state index contributed by atoms with van der Waals surface area (Å²) in [7, 11) is 2.68. The van der Waals surface area contributed by atoms with Crippen molar-refractivity contribution in [2.75, 3.05) is 20.7 Å². The van der Waals surface area contributed by atoms with Crippen LogP contribution < -0.4 is 10.1 Å². The Hall–Kier alpha value is -4.44.